The third-order valence-electron chi connectivity index (χ3n) is 1.98. The second-order valence-electron chi connectivity index (χ2n) is 2.92. The normalized spacial score (nSPS) is 24.6. The second-order valence-corrected chi connectivity index (χ2v) is 2.92. The molecule has 1 aliphatic heterocycles. The minimum Gasteiger partial charge on any atom is -0.480 e. The summed E-state index contributed by atoms with van der Waals surface area (Å²) < 4.78 is 0. The summed E-state index contributed by atoms with van der Waals surface area (Å²) in [4.78, 5) is 12.3. The summed E-state index contributed by atoms with van der Waals surface area (Å²) in [6.45, 7) is 4.84. The van der Waals surface area contributed by atoms with Gasteiger partial charge in [-0.15, -0.1) is 12.4 Å². The molecule has 5 heteroatoms. The SMILES string of the molecule is C[C@H]1CNCCN1CC(=O)O.Cl. The fraction of sp³-hybridized carbons (Fsp3) is 0.857. The van der Waals surface area contributed by atoms with Gasteiger partial charge in [0.15, 0.2) is 0 Å². The number of nitrogens with zero attached hydrogens (tertiary/aromatic N) is 1. The maximum atomic E-state index is 10.4. The van der Waals surface area contributed by atoms with E-state index in [0.717, 1.165) is 19.6 Å². The van der Waals surface area contributed by atoms with E-state index in [1.807, 2.05) is 11.8 Å². The lowest BCUT2D eigenvalue weighted by Crippen LogP contribution is -2.51. The Balaban J connectivity index is 0.00000121. The van der Waals surface area contributed by atoms with Crippen molar-refractivity contribution >= 4 is 18.4 Å². The molecule has 0 bridgehead atoms. The van der Waals surface area contributed by atoms with Crippen molar-refractivity contribution in [1.29, 1.82) is 0 Å². The Morgan fingerprint density at radius 1 is 1.75 bits per heavy atom. The average Bonchev–Trinajstić information content (AvgIpc) is 1.93. The number of hydrogen-bond acceptors (Lipinski definition) is 3. The smallest absolute Gasteiger partial charge is 0.317 e. The van der Waals surface area contributed by atoms with Gasteiger partial charge in [-0.05, 0) is 6.92 Å². The van der Waals surface area contributed by atoms with Crippen molar-refractivity contribution in [2.24, 2.45) is 0 Å². The highest BCUT2D eigenvalue weighted by atomic mass is 35.5. The number of piperazine rings is 1. The number of nitrogens with one attached hydrogen (secondary N) is 1. The van der Waals surface area contributed by atoms with Crippen LogP contribution in [0.25, 0.3) is 0 Å². The molecule has 2 N–H and O–H groups in total. The van der Waals surface area contributed by atoms with Gasteiger partial charge in [0.05, 0.1) is 6.54 Å². The Morgan fingerprint density at radius 2 is 2.42 bits per heavy atom. The van der Waals surface area contributed by atoms with Crippen molar-refractivity contribution in [2.45, 2.75) is 13.0 Å². The maximum Gasteiger partial charge on any atom is 0.317 e. The van der Waals surface area contributed by atoms with Gasteiger partial charge in [-0.2, -0.15) is 0 Å². The molecule has 1 saturated heterocycles. The highest BCUT2D eigenvalue weighted by molar-refractivity contribution is 5.85. The topological polar surface area (TPSA) is 52.6 Å². The van der Waals surface area contributed by atoms with Crippen LogP contribution >= 0.6 is 12.4 Å². The van der Waals surface area contributed by atoms with Gasteiger partial charge in [0.25, 0.3) is 0 Å². The third kappa shape index (κ3) is 3.38. The van der Waals surface area contributed by atoms with E-state index < -0.39 is 5.97 Å². The molecule has 0 saturated carbocycles. The molecule has 0 radical (unpaired) electrons. The highest BCUT2D eigenvalue weighted by Gasteiger charge is 2.19. The molecule has 0 aromatic rings. The number of carboxylic acids is 1. The van der Waals surface area contributed by atoms with Crippen molar-refractivity contribution in [3.05, 3.63) is 0 Å². The standard InChI is InChI=1S/C7H14N2O2.ClH/c1-6-4-8-2-3-9(6)5-7(10)11;/h6,8H,2-5H2,1H3,(H,10,11);1H/t6-;/m0./s1. The fourth-order valence-corrected chi connectivity index (χ4v) is 1.29. The molecule has 1 rings (SSSR count). The van der Waals surface area contributed by atoms with Crippen molar-refractivity contribution < 1.29 is 9.90 Å². The molecule has 0 aromatic carbocycles. The van der Waals surface area contributed by atoms with Crippen LogP contribution in [-0.2, 0) is 4.79 Å². The second kappa shape index (κ2) is 5.35. The van der Waals surface area contributed by atoms with Gasteiger partial charge >= 0.3 is 5.97 Å². The molecule has 0 spiro atoms. The van der Waals surface area contributed by atoms with E-state index in [0.29, 0.717) is 6.04 Å². The lowest BCUT2D eigenvalue weighted by Gasteiger charge is -2.32. The van der Waals surface area contributed by atoms with Gasteiger partial charge in [-0.25, -0.2) is 0 Å². The Hall–Kier alpha value is -0.320. The van der Waals surface area contributed by atoms with Crippen LogP contribution in [0.5, 0.6) is 0 Å². The van der Waals surface area contributed by atoms with E-state index in [-0.39, 0.29) is 19.0 Å². The Labute approximate surface area is 78.3 Å². The lowest BCUT2D eigenvalue weighted by molar-refractivity contribution is -0.139. The van der Waals surface area contributed by atoms with E-state index in [1.165, 1.54) is 0 Å². The van der Waals surface area contributed by atoms with Crippen LogP contribution in [0.3, 0.4) is 0 Å². The van der Waals surface area contributed by atoms with Crippen LogP contribution in [0, 0.1) is 0 Å². The van der Waals surface area contributed by atoms with Crippen molar-refractivity contribution in [3.63, 3.8) is 0 Å². The van der Waals surface area contributed by atoms with Gasteiger partial charge in [0.2, 0.25) is 0 Å². The maximum absolute atomic E-state index is 10.4. The van der Waals surface area contributed by atoms with Crippen LogP contribution in [0.2, 0.25) is 0 Å². The largest absolute Gasteiger partial charge is 0.480 e. The number of rotatable bonds is 2. The summed E-state index contributed by atoms with van der Waals surface area (Å²) in [5.74, 6) is -0.737. The number of carboxylic acid groups (broad SMARTS) is 1. The van der Waals surface area contributed by atoms with Crippen LogP contribution in [0.1, 0.15) is 6.92 Å². The lowest BCUT2D eigenvalue weighted by atomic mass is 10.2. The van der Waals surface area contributed by atoms with Crippen molar-refractivity contribution in [1.82, 2.24) is 10.2 Å². The first-order valence-electron chi connectivity index (χ1n) is 3.86. The zero-order chi connectivity index (χ0) is 8.27. The molecule has 0 aliphatic carbocycles. The van der Waals surface area contributed by atoms with Gasteiger partial charge < -0.3 is 10.4 Å². The monoisotopic (exact) mass is 194 g/mol. The summed E-state index contributed by atoms with van der Waals surface area (Å²) >= 11 is 0. The molecule has 0 amide bonds. The van der Waals surface area contributed by atoms with E-state index in [9.17, 15) is 4.79 Å². The van der Waals surface area contributed by atoms with Crippen LogP contribution < -0.4 is 5.32 Å². The first-order chi connectivity index (χ1) is 5.20. The minimum absolute atomic E-state index is 0. The predicted octanol–water partition coefficient (Wildman–Crippen LogP) is -0.214. The Kier molecular flexibility index (Phi) is 5.20. The van der Waals surface area contributed by atoms with Crippen molar-refractivity contribution in [2.75, 3.05) is 26.2 Å². The highest BCUT2D eigenvalue weighted by Crippen LogP contribution is 2.00. The van der Waals surface area contributed by atoms with Gasteiger partial charge in [-0.1, -0.05) is 0 Å². The van der Waals surface area contributed by atoms with E-state index in [1.54, 1.807) is 0 Å². The van der Waals surface area contributed by atoms with Crippen LogP contribution in [0.15, 0.2) is 0 Å². The first-order valence-corrected chi connectivity index (χ1v) is 3.86. The quantitative estimate of drug-likeness (QED) is 0.639. The Morgan fingerprint density at radius 3 is 2.92 bits per heavy atom. The van der Waals surface area contributed by atoms with E-state index in [2.05, 4.69) is 5.32 Å². The van der Waals surface area contributed by atoms with Crippen molar-refractivity contribution in [3.8, 4) is 0 Å². The first kappa shape index (κ1) is 11.7. The summed E-state index contributed by atoms with van der Waals surface area (Å²) in [7, 11) is 0. The molecular weight excluding hydrogens is 180 g/mol. The number of aliphatic carboxylic acids is 1. The molecular formula is C7H15ClN2O2. The molecule has 1 heterocycles. The van der Waals surface area contributed by atoms with Gasteiger partial charge in [0.1, 0.15) is 0 Å². The summed E-state index contributed by atoms with van der Waals surface area (Å²) in [5.41, 5.74) is 0. The van der Waals surface area contributed by atoms with E-state index >= 15 is 0 Å². The summed E-state index contributed by atoms with van der Waals surface area (Å²) in [6, 6.07) is 0.347. The van der Waals surface area contributed by atoms with Gasteiger partial charge in [-0.3, -0.25) is 9.69 Å². The molecule has 1 atom stereocenters. The zero-order valence-corrected chi connectivity index (χ0v) is 7.93. The summed E-state index contributed by atoms with van der Waals surface area (Å²) in [5, 5.41) is 11.7. The molecule has 12 heavy (non-hydrogen) atoms. The fourth-order valence-electron chi connectivity index (χ4n) is 1.29. The summed E-state index contributed by atoms with van der Waals surface area (Å²) in [6.07, 6.45) is 0. The minimum atomic E-state index is -0.737. The molecule has 4 nitrogen and oxygen atoms in total. The molecule has 1 fully saturated rings. The predicted molar refractivity (Wildman–Crippen MR) is 48.8 cm³/mol. The zero-order valence-electron chi connectivity index (χ0n) is 7.12. The van der Waals surface area contributed by atoms with Gasteiger partial charge in [0, 0.05) is 25.7 Å². The number of hydrogen-bond donors (Lipinski definition) is 2. The molecule has 0 unspecified atom stereocenters. The number of halogens is 1. The van der Waals surface area contributed by atoms with E-state index in [4.69, 9.17) is 5.11 Å². The Bertz CT molecular complexity index is 154. The van der Waals surface area contributed by atoms with Crippen LogP contribution in [-0.4, -0.2) is 48.2 Å². The third-order valence-corrected chi connectivity index (χ3v) is 1.98. The average molecular weight is 195 g/mol. The molecule has 72 valence electrons. The number of carbonyl (C=O) groups is 1. The molecule has 1 aliphatic rings. The molecule has 0 aromatic heterocycles. The van der Waals surface area contributed by atoms with Crippen LogP contribution in [0.4, 0.5) is 0 Å².